The van der Waals surface area contributed by atoms with Gasteiger partial charge < -0.3 is 5.73 Å². The molecule has 0 amide bonds. The topological polar surface area (TPSA) is 26.0 Å². The fraction of sp³-hybridized carbons (Fsp3) is 0.231. The van der Waals surface area contributed by atoms with Crippen LogP contribution in [0, 0.1) is 6.92 Å². The van der Waals surface area contributed by atoms with E-state index in [9.17, 15) is 13.2 Å². The zero-order valence-corrected chi connectivity index (χ0v) is 10.5. The summed E-state index contributed by atoms with van der Waals surface area (Å²) in [6.07, 6.45) is -4.33. The van der Waals surface area contributed by atoms with Crippen molar-refractivity contribution >= 4 is 11.3 Å². The second kappa shape index (κ2) is 4.74. The van der Waals surface area contributed by atoms with E-state index in [1.165, 1.54) is 17.4 Å². The minimum absolute atomic E-state index is 0.482. The van der Waals surface area contributed by atoms with Crippen molar-refractivity contribution < 1.29 is 13.2 Å². The number of benzene rings is 1. The summed E-state index contributed by atoms with van der Waals surface area (Å²) in [5.41, 5.74) is 6.84. The highest BCUT2D eigenvalue weighted by Gasteiger charge is 2.30. The van der Waals surface area contributed by atoms with E-state index in [2.05, 4.69) is 0 Å². The molecule has 0 fully saturated rings. The maximum atomic E-state index is 12.6. The molecule has 1 heterocycles. The first-order valence-electron chi connectivity index (χ1n) is 5.36. The first-order chi connectivity index (χ1) is 8.39. The van der Waals surface area contributed by atoms with Gasteiger partial charge in [-0.15, -0.1) is 11.3 Å². The molecule has 2 N–H and O–H groups in total. The fourth-order valence-electron chi connectivity index (χ4n) is 1.76. The highest BCUT2D eigenvalue weighted by Crippen LogP contribution is 2.33. The number of hydrogen-bond acceptors (Lipinski definition) is 2. The fourth-order valence-corrected chi connectivity index (χ4v) is 2.72. The molecule has 1 nitrogen and oxygen atoms in total. The lowest BCUT2D eigenvalue weighted by molar-refractivity contribution is -0.137. The van der Waals surface area contributed by atoms with Gasteiger partial charge in [0.1, 0.15) is 0 Å². The SMILES string of the molecule is Cc1ccsc1C(N)c1cccc(C(F)(F)F)c1. The monoisotopic (exact) mass is 271 g/mol. The van der Waals surface area contributed by atoms with Gasteiger partial charge in [-0.25, -0.2) is 0 Å². The van der Waals surface area contributed by atoms with Gasteiger partial charge in [-0.05, 0) is 41.6 Å². The van der Waals surface area contributed by atoms with Crippen molar-refractivity contribution in [2.45, 2.75) is 19.1 Å². The predicted octanol–water partition coefficient (Wildman–Crippen LogP) is 4.12. The summed E-state index contributed by atoms with van der Waals surface area (Å²) in [4.78, 5) is 0.898. The third kappa shape index (κ3) is 2.57. The van der Waals surface area contributed by atoms with E-state index in [1.807, 2.05) is 18.4 Å². The maximum Gasteiger partial charge on any atom is 0.416 e. The Morgan fingerprint density at radius 3 is 2.50 bits per heavy atom. The summed E-state index contributed by atoms with van der Waals surface area (Å²) in [7, 11) is 0. The molecule has 96 valence electrons. The molecule has 1 aromatic carbocycles. The molecule has 0 aliphatic carbocycles. The minimum Gasteiger partial charge on any atom is -0.320 e. The van der Waals surface area contributed by atoms with E-state index >= 15 is 0 Å². The van der Waals surface area contributed by atoms with Crippen LogP contribution in [0.3, 0.4) is 0 Å². The Labute approximate surface area is 107 Å². The Hall–Kier alpha value is -1.33. The number of halogens is 3. The summed E-state index contributed by atoms with van der Waals surface area (Å²) in [6.45, 7) is 1.90. The summed E-state index contributed by atoms with van der Waals surface area (Å²) < 4.78 is 37.8. The minimum atomic E-state index is -4.33. The van der Waals surface area contributed by atoms with Crippen molar-refractivity contribution in [3.8, 4) is 0 Å². The number of rotatable bonds is 2. The second-order valence-corrected chi connectivity index (χ2v) is 5.02. The van der Waals surface area contributed by atoms with E-state index in [4.69, 9.17) is 5.73 Å². The number of hydrogen-bond donors (Lipinski definition) is 1. The Bertz CT molecular complexity index is 545. The average molecular weight is 271 g/mol. The quantitative estimate of drug-likeness (QED) is 0.873. The zero-order chi connectivity index (χ0) is 13.3. The molecular formula is C13H12F3NS. The van der Waals surface area contributed by atoms with Crippen LogP contribution in [-0.4, -0.2) is 0 Å². The number of aryl methyl sites for hydroxylation is 1. The molecule has 1 aromatic heterocycles. The van der Waals surface area contributed by atoms with Crippen LogP contribution in [-0.2, 0) is 6.18 Å². The molecule has 0 saturated heterocycles. The van der Waals surface area contributed by atoms with E-state index in [-0.39, 0.29) is 0 Å². The molecule has 0 spiro atoms. The molecular weight excluding hydrogens is 259 g/mol. The van der Waals surface area contributed by atoms with Crippen molar-refractivity contribution in [3.63, 3.8) is 0 Å². The molecule has 2 aromatic rings. The molecule has 5 heteroatoms. The van der Waals surface area contributed by atoms with Gasteiger partial charge in [0.15, 0.2) is 0 Å². The van der Waals surface area contributed by atoms with Gasteiger partial charge in [0, 0.05) is 4.88 Å². The molecule has 0 bridgehead atoms. The zero-order valence-electron chi connectivity index (χ0n) is 9.66. The molecule has 0 aliphatic rings. The van der Waals surface area contributed by atoms with Crippen molar-refractivity contribution in [2.24, 2.45) is 5.73 Å². The van der Waals surface area contributed by atoms with E-state index in [0.717, 1.165) is 22.6 Å². The standard InChI is InChI=1S/C13H12F3NS/c1-8-5-6-18-12(8)11(17)9-3-2-4-10(7-9)13(14,15)16/h2-7,11H,17H2,1H3. The predicted molar refractivity (Wildman–Crippen MR) is 66.5 cm³/mol. The van der Waals surface area contributed by atoms with Crippen LogP contribution >= 0.6 is 11.3 Å². The number of alkyl halides is 3. The van der Waals surface area contributed by atoms with Crippen LogP contribution in [0.25, 0.3) is 0 Å². The molecule has 1 unspecified atom stereocenters. The van der Waals surface area contributed by atoms with Crippen LogP contribution in [0.4, 0.5) is 13.2 Å². The van der Waals surface area contributed by atoms with Gasteiger partial charge in [-0.1, -0.05) is 12.1 Å². The molecule has 0 aliphatic heterocycles. The largest absolute Gasteiger partial charge is 0.416 e. The van der Waals surface area contributed by atoms with E-state index < -0.39 is 17.8 Å². The molecule has 18 heavy (non-hydrogen) atoms. The van der Waals surface area contributed by atoms with Gasteiger partial charge in [-0.2, -0.15) is 13.2 Å². The van der Waals surface area contributed by atoms with Crippen LogP contribution in [0.2, 0.25) is 0 Å². The third-order valence-electron chi connectivity index (χ3n) is 2.76. The lowest BCUT2D eigenvalue weighted by Crippen LogP contribution is -2.13. The lowest BCUT2D eigenvalue weighted by atomic mass is 10.0. The Balaban J connectivity index is 2.38. The Morgan fingerprint density at radius 2 is 1.94 bits per heavy atom. The van der Waals surface area contributed by atoms with Gasteiger partial charge >= 0.3 is 6.18 Å². The average Bonchev–Trinajstić information content (AvgIpc) is 2.73. The van der Waals surface area contributed by atoms with Crippen molar-refractivity contribution in [1.82, 2.24) is 0 Å². The maximum absolute atomic E-state index is 12.6. The van der Waals surface area contributed by atoms with Crippen LogP contribution in [0.1, 0.15) is 27.6 Å². The lowest BCUT2D eigenvalue weighted by Gasteiger charge is -2.14. The van der Waals surface area contributed by atoms with Crippen molar-refractivity contribution in [3.05, 3.63) is 57.3 Å². The van der Waals surface area contributed by atoms with Gasteiger partial charge in [0.2, 0.25) is 0 Å². The van der Waals surface area contributed by atoms with E-state index in [1.54, 1.807) is 6.07 Å². The summed E-state index contributed by atoms with van der Waals surface area (Å²) in [5, 5.41) is 1.89. The second-order valence-electron chi connectivity index (χ2n) is 4.07. The molecule has 0 radical (unpaired) electrons. The highest BCUT2D eigenvalue weighted by molar-refractivity contribution is 7.10. The van der Waals surface area contributed by atoms with Crippen LogP contribution in [0.5, 0.6) is 0 Å². The molecule has 0 saturated carbocycles. The van der Waals surface area contributed by atoms with Crippen molar-refractivity contribution in [1.29, 1.82) is 0 Å². The number of nitrogens with two attached hydrogens (primary N) is 1. The number of thiophene rings is 1. The van der Waals surface area contributed by atoms with Crippen LogP contribution in [0.15, 0.2) is 35.7 Å². The first-order valence-corrected chi connectivity index (χ1v) is 6.24. The summed E-state index contributed by atoms with van der Waals surface area (Å²) >= 11 is 1.46. The Kier molecular flexibility index (Phi) is 3.45. The summed E-state index contributed by atoms with van der Waals surface area (Å²) in [6, 6.07) is 6.58. The normalized spacial score (nSPS) is 13.6. The first kappa shape index (κ1) is 13.1. The van der Waals surface area contributed by atoms with E-state index in [0.29, 0.717) is 5.56 Å². The molecule has 1 atom stereocenters. The highest BCUT2D eigenvalue weighted by atomic mass is 32.1. The third-order valence-corrected chi connectivity index (χ3v) is 3.86. The van der Waals surface area contributed by atoms with Crippen LogP contribution < -0.4 is 5.73 Å². The summed E-state index contributed by atoms with van der Waals surface area (Å²) in [5.74, 6) is 0. The molecule has 2 rings (SSSR count). The van der Waals surface area contributed by atoms with Gasteiger partial charge in [-0.3, -0.25) is 0 Å². The smallest absolute Gasteiger partial charge is 0.320 e. The van der Waals surface area contributed by atoms with Crippen molar-refractivity contribution in [2.75, 3.05) is 0 Å². The van der Waals surface area contributed by atoms with Gasteiger partial charge in [0.25, 0.3) is 0 Å². The van der Waals surface area contributed by atoms with Gasteiger partial charge in [0.05, 0.1) is 11.6 Å². The Morgan fingerprint density at radius 1 is 1.22 bits per heavy atom.